The Morgan fingerprint density at radius 3 is 2.70 bits per heavy atom. The maximum absolute atomic E-state index is 12.8. The summed E-state index contributed by atoms with van der Waals surface area (Å²) in [5.74, 6) is -1.08. The van der Waals surface area contributed by atoms with Crippen molar-refractivity contribution in [3.8, 4) is 0 Å². The number of nitrogens with zero attached hydrogens (tertiary/aromatic N) is 4. The molecule has 0 N–H and O–H groups in total. The first-order valence-corrected chi connectivity index (χ1v) is 9.17. The molecule has 0 aliphatic carbocycles. The number of fused-ring (bicyclic) bond motifs is 1. The lowest BCUT2D eigenvalue weighted by atomic mass is 10.1. The zero-order valence-electron chi connectivity index (χ0n) is 15.8. The maximum Gasteiger partial charge on any atom is 0.451 e. The molecule has 150 valence electrons. The van der Waals surface area contributed by atoms with E-state index in [-0.39, 0.29) is 12.1 Å². The summed E-state index contributed by atoms with van der Waals surface area (Å²) in [5, 5.41) is 0. The van der Waals surface area contributed by atoms with Crippen molar-refractivity contribution < 1.29 is 22.7 Å². The van der Waals surface area contributed by atoms with E-state index in [1.807, 2.05) is 20.8 Å². The van der Waals surface area contributed by atoms with Crippen molar-refractivity contribution in [3.63, 3.8) is 0 Å². The summed E-state index contributed by atoms with van der Waals surface area (Å²) in [6.45, 7) is 7.96. The van der Waals surface area contributed by atoms with Gasteiger partial charge in [-0.05, 0) is 33.6 Å². The number of alkyl halides is 3. The third kappa shape index (κ3) is 4.88. The van der Waals surface area contributed by atoms with Gasteiger partial charge in [0.2, 0.25) is 5.82 Å². The topological polar surface area (TPSA) is 58.6 Å². The van der Waals surface area contributed by atoms with Gasteiger partial charge in [-0.2, -0.15) is 13.2 Å². The minimum atomic E-state index is -4.52. The van der Waals surface area contributed by atoms with Crippen LogP contribution in [0.25, 0.3) is 0 Å². The summed E-state index contributed by atoms with van der Waals surface area (Å²) in [4.78, 5) is 23.5. The number of hydrogen-bond acceptors (Lipinski definition) is 5. The van der Waals surface area contributed by atoms with Gasteiger partial charge in [0.1, 0.15) is 5.60 Å². The van der Waals surface area contributed by atoms with Crippen LogP contribution in [0.2, 0.25) is 0 Å². The van der Waals surface area contributed by atoms with E-state index in [1.54, 1.807) is 4.90 Å². The first-order valence-electron chi connectivity index (χ1n) is 9.17. The van der Waals surface area contributed by atoms with E-state index in [0.717, 1.165) is 18.4 Å². The van der Waals surface area contributed by atoms with E-state index >= 15 is 0 Å². The molecule has 0 spiro atoms. The number of amides is 1. The Labute approximate surface area is 156 Å². The monoisotopic (exact) mass is 386 g/mol. The molecule has 0 saturated carbocycles. The number of aromatic nitrogens is 2. The van der Waals surface area contributed by atoms with Gasteiger partial charge in [0.15, 0.2) is 0 Å². The summed E-state index contributed by atoms with van der Waals surface area (Å²) in [7, 11) is 0. The molecule has 0 aromatic carbocycles. The van der Waals surface area contributed by atoms with Gasteiger partial charge in [-0.25, -0.2) is 14.8 Å². The van der Waals surface area contributed by atoms with Gasteiger partial charge in [-0.3, -0.25) is 4.90 Å². The largest absolute Gasteiger partial charge is 0.451 e. The molecule has 2 aliphatic rings. The van der Waals surface area contributed by atoms with Crippen LogP contribution in [-0.2, 0) is 23.9 Å². The highest BCUT2D eigenvalue weighted by Gasteiger charge is 2.37. The van der Waals surface area contributed by atoms with E-state index in [9.17, 15) is 18.0 Å². The summed E-state index contributed by atoms with van der Waals surface area (Å²) in [6.07, 6.45) is -1.29. The Morgan fingerprint density at radius 1 is 1.30 bits per heavy atom. The molecule has 6 nitrogen and oxygen atoms in total. The predicted molar refractivity (Wildman–Crippen MR) is 92.0 cm³/mol. The Balaban J connectivity index is 1.63. The Bertz CT molecular complexity index is 703. The van der Waals surface area contributed by atoms with Crippen LogP contribution in [0, 0.1) is 0 Å². The number of likely N-dealkylation sites (tertiary alicyclic amines) is 1. The lowest BCUT2D eigenvalue weighted by molar-refractivity contribution is -0.145. The zero-order valence-corrected chi connectivity index (χ0v) is 15.8. The van der Waals surface area contributed by atoms with Gasteiger partial charge in [0.25, 0.3) is 0 Å². The first-order chi connectivity index (χ1) is 12.5. The number of halogens is 3. The molecule has 1 saturated heterocycles. The van der Waals surface area contributed by atoms with E-state index in [0.29, 0.717) is 38.3 Å². The molecule has 1 amide bonds. The molecule has 3 rings (SSSR count). The smallest absolute Gasteiger partial charge is 0.444 e. The molecule has 1 atom stereocenters. The molecule has 1 aromatic heterocycles. The van der Waals surface area contributed by atoms with Crippen LogP contribution in [0.5, 0.6) is 0 Å². The van der Waals surface area contributed by atoms with Gasteiger partial charge in [0, 0.05) is 50.4 Å². The van der Waals surface area contributed by atoms with Crippen molar-refractivity contribution in [2.45, 2.75) is 64.4 Å². The fourth-order valence-corrected chi connectivity index (χ4v) is 3.55. The van der Waals surface area contributed by atoms with Crippen LogP contribution in [0.15, 0.2) is 6.20 Å². The number of ether oxygens (including phenoxy) is 1. The normalized spacial score (nSPS) is 21.3. The number of hydrogen-bond donors (Lipinski definition) is 0. The van der Waals surface area contributed by atoms with Crippen LogP contribution in [0.3, 0.4) is 0 Å². The quantitative estimate of drug-likeness (QED) is 0.781. The SMILES string of the molecule is CC(C)(C)OC(=O)N1CCCC1CN1CCc2nc(C(F)(F)F)ncc2C1. The first kappa shape index (κ1) is 19.9. The van der Waals surface area contributed by atoms with E-state index in [1.165, 1.54) is 6.20 Å². The summed E-state index contributed by atoms with van der Waals surface area (Å²) < 4.78 is 43.8. The van der Waals surface area contributed by atoms with Gasteiger partial charge < -0.3 is 9.64 Å². The summed E-state index contributed by atoms with van der Waals surface area (Å²) >= 11 is 0. The van der Waals surface area contributed by atoms with Crippen LogP contribution in [0.1, 0.15) is 50.7 Å². The molecule has 9 heteroatoms. The van der Waals surface area contributed by atoms with Crippen molar-refractivity contribution in [2.24, 2.45) is 0 Å². The molecule has 2 aliphatic heterocycles. The van der Waals surface area contributed by atoms with Crippen LogP contribution < -0.4 is 0 Å². The average molecular weight is 386 g/mol. The zero-order chi connectivity index (χ0) is 19.8. The van der Waals surface area contributed by atoms with Crippen molar-refractivity contribution >= 4 is 6.09 Å². The van der Waals surface area contributed by atoms with Gasteiger partial charge in [-0.15, -0.1) is 0 Å². The standard InChI is InChI=1S/C18H25F3N4O2/c1-17(2,3)27-16(26)25-7-4-5-13(25)11-24-8-6-14-12(10-24)9-22-15(23-14)18(19,20)21/h9,13H,4-8,10-11H2,1-3H3. The van der Waals surface area contributed by atoms with Gasteiger partial charge in [-0.1, -0.05) is 0 Å². The van der Waals surface area contributed by atoms with Crippen LogP contribution in [-0.4, -0.2) is 57.1 Å². The van der Waals surface area contributed by atoms with E-state index in [4.69, 9.17) is 4.74 Å². The molecule has 0 radical (unpaired) electrons. The molecule has 1 fully saturated rings. The number of rotatable bonds is 2. The second-order valence-corrected chi connectivity index (χ2v) is 8.12. The lowest BCUT2D eigenvalue weighted by Crippen LogP contribution is -2.46. The highest BCUT2D eigenvalue weighted by molar-refractivity contribution is 5.69. The fraction of sp³-hybridized carbons (Fsp3) is 0.722. The summed E-state index contributed by atoms with van der Waals surface area (Å²) in [5.41, 5.74) is 0.641. The third-order valence-corrected chi connectivity index (χ3v) is 4.74. The molecule has 0 bridgehead atoms. The molecular weight excluding hydrogens is 361 g/mol. The molecule has 1 unspecified atom stereocenters. The Morgan fingerprint density at radius 2 is 2.04 bits per heavy atom. The molecule has 27 heavy (non-hydrogen) atoms. The number of carbonyl (C=O) groups excluding carboxylic acids is 1. The van der Waals surface area contributed by atoms with Crippen molar-refractivity contribution in [1.82, 2.24) is 19.8 Å². The highest BCUT2D eigenvalue weighted by atomic mass is 19.4. The Kier molecular flexibility index (Phi) is 5.33. The minimum Gasteiger partial charge on any atom is -0.444 e. The van der Waals surface area contributed by atoms with Crippen LogP contribution in [0.4, 0.5) is 18.0 Å². The van der Waals surface area contributed by atoms with Gasteiger partial charge >= 0.3 is 12.3 Å². The second kappa shape index (κ2) is 7.26. The van der Waals surface area contributed by atoms with Crippen molar-refractivity contribution in [1.29, 1.82) is 0 Å². The Hall–Kier alpha value is -1.90. The highest BCUT2D eigenvalue weighted by Crippen LogP contribution is 2.28. The molecule has 1 aromatic rings. The van der Waals surface area contributed by atoms with E-state index < -0.39 is 17.6 Å². The van der Waals surface area contributed by atoms with E-state index in [2.05, 4.69) is 14.9 Å². The molecule has 3 heterocycles. The average Bonchev–Trinajstić information content (AvgIpc) is 3.00. The van der Waals surface area contributed by atoms with Gasteiger partial charge in [0.05, 0.1) is 5.69 Å². The molecular formula is C18H25F3N4O2. The second-order valence-electron chi connectivity index (χ2n) is 8.12. The predicted octanol–water partition coefficient (Wildman–Crippen LogP) is 3.25. The number of carbonyl (C=O) groups is 1. The lowest BCUT2D eigenvalue weighted by Gasteiger charge is -2.34. The maximum atomic E-state index is 12.8. The van der Waals surface area contributed by atoms with Crippen LogP contribution >= 0.6 is 0 Å². The minimum absolute atomic E-state index is 0.0526. The third-order valence-electron chi connectivity index (χ3n) is 4.74. The fourth-order valence-electron chi connectivity index (χ4n) is 3.55. The van der Waals surface area contributed by atoms with Crippen molar-refractivity contribution in [2.75, 3.05) is 19.6 Å². The van der Waals surface area contributed by atoms with Crippen molar-refractivity contribution in [3.05, 3.63) is 23.3 Å². The summed E-state index contributed by atoms with van der Waals surface area (Å²) in [6, 6.07) is 0.0526.